The average molecular weight is 239 g/mol. The van der Waals surface area contributed by atoms with E-state index in [-0.39, 0.29) is 12.3 Å². The first-order chi connectivity index (χ1) is 8.18. The molecule has 1 amide bonds. The summed E-state index contributed by atoms with van der Waals surface area (Å²) in [6, 6.07) is 1.81. The van der Waals surface area contributed by atoms with Gasteiger partial charge in [-0.25, -0.2) is 0 Å². The minimum absolute atomic E-state index is 0.0316. The van der Waals surface area contributed by atoms with Gasteiger partial charge in [0.15, 0.2) is 0 Å². The number of nitrogens with one attached hydrogen (secondary N) is 1. The Morgan fingerprint density at radius 1 is 1.29 bits per heavy atom. The molecule has 0 unspecified atom stereocenters. The zero-order valence-electron chi connectivity index (χ0n) is 9.63. The first-order valence-corrected chi connectivity index (χ1v) is 5.64. The Hall–Kier alpha value is -1.85. The number of carboxylic acid groups (broad SMARTS) is 1. The molecule has 17 heavy (non-hydrogen) atoms. The summed E-state index contributed by atoms with van der Waals surface area (Å²) in [7, 11) is 0. The fourth-order valence-corrected chi connectivity index (χ4v) is 1.37. The number of carbonyl (C=O) groups is 2. The van der Waals surface area contributed by atoms with Gasteiger partial charge in [-0.3, -0.25) is 14.3 Å². The normalized spacial score (nSPS) is 10.1. The highest BCUT2D eigenvalue weighted by molar-refractivity contribution is 5.75. The lowest BCUT2D eigenvalue weighted by molar-refractivity contribution is -0.137. The zero-order valence-corrected chi connectivity index (χ0v) is 9.63. The number of carbonyl (C=O) groups excluding carboxylic acids is 1. The van der Waals surface area contributed by atoms with Crippen molar-refractivity contribution >= 4 is 11.9 Å². The van der Waals surface area contributed by atoms with Crippen molar-refractivity contribution in [2.24, 2.45) is 0 Å². The van der Waals surface area contributed by atoms with Crippen LogP contribution in [0.15, 0.2) is 18.5 Å². The van der Waals surface area contributed by atoms with Gasteiger partial charge in [-0.1, -0.05) is 0 Å². The Balaban J connectivity index is 2.00. The van der Waals surface area contributed by atoms with E-state index in [2.05, 4.69) is 10.4 Å². The van der Waals surface area contributed by atoms with Crippen LogP contribution in [0.25, 0.3) is 0 Å². The number of amides is 1. The van der Waals surface area contributed by atoms with Crippen molar-refractivity contribution in [3.05, 3.63) is 18.5 Å². The van der Waals surface area contributed by atoms with Gasteiger partial charge in [0.25, 0.3) is 0 Å². The number of carboxylic acids is 1. The maximum Gasteiger partial charge on any atom is 0.303 e. The van der Waals surface area contributed by atoms with Crippen LogP contribution in [0.2, 0.25) is 0 Å². The van der Waals surface area contributed by atoms with Gasteiger partial charge >= 0.3 is 5.97 Å². The van der Waals surface area contributed by atoms with E-state index in [1.165, 1.54) is 0 Å². The van der Waals surface area contributed by atoms with Crippen LogP contribution in [-0.4, -0.2) is 33.3 Å². The van der Waals surface area contributed by atoms with Crippen molar-refractivity contribution in [3.63, 3.8) is 0 Å². The number of hydrogen-bond donors (Lipinski definition) is 2. The number of unbranched alkanes of at least 4 members (excludes halogenated alkanes) is 1. The molecule has 0 spiro atoms. The van der Waals surface area contributed by atoms with E-state index in [1.54, 1.807) is 17.1 Å². The minimum atomic E-state index is -0.796. The molecule has 0 atom stereocenters. The largest absolute Gasteiger partial charge is 0.481 e. The van der Waals surface area contributed by atoms with Crippen LogP contribution in [0.3, 0.4) is 0 Å². The molecule has 0 saturated heterocycles. The Bertz CT molecular complexity index is 349. The molecule has 0 fully saturated rings. The van der Waals surface area contributed by atoms with E-state index in [9.17, 15) is 9.59 Å². The average Bonchev–Trinajstić information content (AvgIpc) is 2.78. The quantitative estimate of drug-likeness (QED) is 0.652. The standard InChI is InChI=1S/C11H17N3O3/c15-10(5-9-14-8-3-7-13-14)12-6-2-1-4-11(16)17/h3,7-8H,1-2,4-6,9H2,(H,12,15)(H,16,17). The van der Waals surface area contributed by atoms with Crippen molar-refractivity contribution in [1.82, 2.24) is 15.1 Å². The molecule has 1 aromatic heterocycles. The number of aliphatic carboxylic acids is 1. The van der Waals surface area contributed by atoms with Crippen LogP contribution in [0.5, 0.6) is 0 Å². The Morgan fingerprint density at radius 2 is 2.12 bits per heavy atom. The number of aryl methyl sites for hydroxylation is 1. The van der Waals surface area contributed by atoms with Gasteiger partial charge in [0.2, 0.25) is 5.91 Å². The predicted octanol–water partition coefficient (Wildman–Crippen LogP) is 0.644. The molecule has 0 aliphatic heterocycles. The smallest absolute Gasteiger partial charge is 0.303 e. The van der Waals surface area contributed by atoms with Gasteiger partial charge in [-0.15, -0.1) is 0 Å². The number of rotatable bonds is 8. The molecule has 1 aromatic rings. The summed E-state index contributed by atoms with van der Waals surface area (Å²) in [6.07, 6.45) is 5.31. The zero-order chi connectivity index (χ0) is 12.5. The summed E-state index contributed by atoms with van der Waals surface area (Å²) in [5, 5.41) is 15.1. The molecular weight excluding hydrogens is 222 g/mol. The molecule has 1 heterocycles. The molecule has 94 valence electrons. The Labute approximate surface area is 99.6 Å². The van der Waals surface area contributed by atoms with E-state index in [4.69, 9.17) is 5.11 Å². The molecule has 0 aromatic carbocycles. The third-order valence-corrected chi connectivity index (χ3v) is 2.27. The fraction of sp³-hybridized carbons (Fsp3) is 0.545. The molecule has 0 saturated carbocycles. The molecule has 6 nitrogen and oxygen atoms in total. The fourth-order valence-electron chi connectivity index (χ4n) is 1.37. The monoisotopic (exact) mass is 239 g/mol. The Kier molecular flexibility index (Phi) is 5.77. The maximum absolute atomic E-state index is 11.4. The highest BCUT2D eigenvalue weighted by Gasteiger charge is 2.01. The van der Waals surface area contributed by atoms with Gasteiger partial charge < -0.3 is 10.4 Å². The first kappa shape index (κ1) is 13.2. The topological polar surface area (TPSA) is 84.2 Å². The number of nitrogens with zero attached hydrogens (tertiary/aromatic N) is 2. The lowest BCUT2D eigenvalue weighted by Gasteiger charge is -2.04. The molecule has 0 aliphatic carbocycles. The van der Waals surface area contributed by atoms with Crippen molar-refractivity contribution in [1.29, 1.82) is 0 Å². The minimum Gasteiger partial charge on any atom is -0.481 e. The van der Waals surface area contributed by atoms with E-state index >= 15 is 0 Å². The molecule has 0 radical (unpaired) electrons. The van der Waals surface area contributed by atoms with E-state index in [1.807, 2.05) is 6.07 Å². The van der Waals surface area contributed by atoms with Crippen molar-refractivity contribution in [2.45, 2.75) is 32.2 Å². The van der Waals surface area contributed by atoms with E-state index < -0.39 is 5.97 Å². The molecular formula is C11H17N3O3. The first-order valence-electron chi connectivity index (χ1n) is 5.64. The van der Waals surface area contributed by atoms with Crippen molar-refractivity contribution in [3.8, 4) is 0 Å². The molecule has 2 N–H and O–H groups in total. The van der Waals surface area contributed by atoms with Crippen LogP contribution in [0.1, 0.15) is 25.7 Å². The van der Waals surface area contributed by atoms with Crippen LogP contribution < -0.4 is 5.32 Å². The van der Waals surface area contributed by atoms with Gasteiger partial charge in [-0.2, -0.15) is 5.10 Å². The van der Waals surface area contributed by atoms with Gasteiger partial charge in [0.1, 0.15) is 0 Å². The van der Waals surface area contributed by atoms with E-state index in [0.29, 0.717) is 32.4 Å². The van der Waals surface area contributed by atoms with Crippen molar-refractivity contribution < 1.29 is 14.7 Å². The lowest BCUT2D eigenvalue weighted by atomic mass is 10.2. The number of aromatic nitrogens is 2. The second-order valence-corrected chi connectivity index (χ2v) is 3.72. The van der Waals surface area contributed by atoms with E-state index in [0.717, 1.165) is 0 Å². The van der Waals surface area contributed by atoms with Crippen molar-refractivity contribution in [2.75, 3.05) is 6.54 Å². The lowest BCUT2D eigenvalue weighted by Crippen LogP contribution is -2.25. The highest BCUT2D eigenvalue weighted by atomic mass is 16.4. The van der Waals surface area contributed by atoms with Gasteiger partial charge in [0.05, 0.1) is 0 Å². The second kappa shape index (κ2) is 7.43. The predicted molar refractivity (Wildman–Crippen MR) is 61.3 cm³/mol. The molecule has 0 aliphatic rings. The van der Waals surface area contributed by atoms with Crippen LogP contribution >= 0.6 is 0 Å². The SMILES string of the molecule is O=C(O)CCCCNC(=O)CCn1cccn1. The number of hydrogen-bond acceptors (Lipinski definition) is 3. The summed E-state index contributed by atoms with van der Waals surface area (Å²) in [4.78, 5) is 21.6. The third-order valence-electron chi connectivity index (χ3n) is 2.27. The van der Waals surface area contributed by atoms with Crippen LogP contribution in [-0.2, 0) is 16.1 Å². The summed E-state index contributed by atoms with van der Waals surface area (Å²) < 4.78 is 1.70. The van der Waals surface area contributed by atoms with Crippen LogP contribution in [0.4, 0.5) is 0 Å². The van der Waals surface area contributed by atoms with Crippen LogP contribution in [0, 0.1) is 0 Å². The van der Waals surface area contributed by atoms with Gasteiger partial charge in [-0.05, 0) is 18.9 Å². The summed E-state index contributed by atoms with van der Waals surface area (Å²) >= 11 is 0. The third kappa shape index (κ3) is 6.34. The maximum atomic E-state index is 11.4. The Morgan fingerprint density at radius 3 is 2.76 bits per heavy atom. The molecule has 1 rings (SSSR count). The molecule has 0 bridgehead atoms. The highest BCUT2D eigenvalue weighted by Crippen LogP contribution is 1.94. The second-order valence-electron chi connectivity index (χ2n) is 3.72. The molecule has 6 heteroatoms. The summed E-state index contributed by atoms with van der Waals surface area (Å²) in [5.74, 6) is -0.828. The summed E-state index contributed by atoms with van der Waals surface area (Å²) in [6.45, 7) is 1.10. The van der Waals surface area contributed by atoms with Gasteiger partial charge in [0, 0.05) is 38.3 Å². The summed E-state index contributed by atoms with van der Waals surface area (Å²) in [5.41, 5.74) is 0.